The predicted octanol–water partition coefficient (Wildman–Crippen LogP) is 2.68. The molecule has 33 heavy (non-hydrogen) atoms. The highest BCUT2D eigenvalue weighted by Gasteiger charge is 2.26. The summed E-state index contributed by atoms with van der Waals surface area (Å²) in [5.41, 5.74) is 2.57. The summed E-state index contributed by atoms with van der Waals surface area (Å²) in [7, 11) is -0.497. The molecule has 11 heteroatoms. The zero-order chi connectivity index (χ0) is 23.6. The van der Waals surface area contributed by atoms with E-state index in [2.05, 4.69) is 15.2 Å². The van der Waals surface area contributed by atoms with Crippen LogP contribution in [0.2, 0.25) is 0 Å². The lowest BCUT2D eigenvalue weighted by Crippen LogP contribution is -2.37. The maximum atomic E-state index is 13.1. The topological polar surface area (TPSA) is 101 Å². The van der Waals surface area contributed by atoms with Crippen LogP contribution in [-0.2, 0) is 27.8 Å². The van der Waals surface area contributed by atoms with Gasteiger partial charge in [-0.25, -0.2) is 12.7 Å². The molecule has 0 saturated heterocycles. The van der Waals surface area contributed by atoms with Crippen LogP contribution in [0.4, 0.5) is 5.69 Å². The third-order valence-electron chi connectivity index (χ3n) is 5.55. The van der Waals surface area contributed by atoms with Gasteiger partial charge in [0, 0.05) is 50.8 Å². The van der Waals surface area contributed by atoms with Crippen LogP contribution in [0.25, 0.3) is 11.4 Å². The lowest BCUT2D eigenvalue weighted by atomic mass is 10.0. The number of sulfonamides is 1. The number of anilines is 1. The number of hydrogen-bond acceptors (Lipinski definition) is 7. The smallest absolute Gasteiger partial charge is 0.242 e. The van der Waals surface area contributed by atoms with Gasteiger partial charge in [0.1, 0.15) is 0 Å². The maximum Gasteiger partial charge on any atom is 0.242 e. The Hall–Kier alpha value is -2.76. The Balaban J connectivity index is 1.51. The number of benzene rings is 1. The number of aromatic nitrogens is 4. The first-order valence-corrected chi connectivity index (χ1v) is 13.1. The molecule has 0 unspecified atom stereocenters. The molecule has 4 rings (SSSR count). The van der Waals surface area contributed by atoms with Crippen molar-refractivity contribution in [1.82, 2.24) is 24.1 Å². The molecule has 0 aliphatic carbocycles. The van der Waals surface area contributed by atoms with E-state index in [0.29, 0.717) is 18.2 Å². The summed E-state index contributed by atoms with van der Waals surface area (Å²) < 4.78 is 28.1. The third kappa shape index (κ3) is 4.66. The highest BCUT2D eigenvalue weighted by atomic mass is 32.2. The van der Waals surface area contributed by atoms with Crippen molar-refractivity contribution in [3.8, 4) is 11.4 Å². The molecular weight excluding hydrogens is 460 g/mol. The number of hydrogen-bond donors (Lipinski definition) is 0. The monoisotopic (exact) mass is 486 g/mol. The van der Waals surface area contributed by atoms with E-state index in [1.807, 2.05) is 23.6 Å². The molecule has 0 radical (unpaired) electrons. The van der Waals surface area contributed by atoms with Gasteiger partial charge in [-0.2, -0.15) is 0 Å². The predicted molar refractivity (Wildman–Crippen MR) is 128 cm³/mol. The molecule has 174 valence electrons. The number of rotatable bonds is 7. The number of amides is 1. The molecule has 1 aromatic carbocycles. The standard InChI is InChI=1S/C22H26N6O3S2/c1-4-27-21(16-9-11-23-12-10-16)24-25-22(27)32-15-20(29)28-13-5-6-17-14-18(7-8-19(17)28)33(30,31)26(2)3/h7-12,14H,4-6,13,15H2,1-3H3. The Morgan fingerprint density at radius 3 is 2.61 bits per heavy atom. The highest BCUT2D eigenvalue weighted by molar-refractivity contribution is 7.99. The van der Waals surface area contributed by atoms with Crippen LogP contribution in [0.3, 0.4) is 0 Å². The van der Waals surface area contributed by atoms with Crippen molar-refractivity contribution in [3.05, 3.63) is 48.3 Å². The van der Waals surface area contributed by atoms with Crippen LogP contribution in [0.5, 0.6) is 0 Å². The van der Waals surface area contributed by atoms with E-state index >= 15 is 0 Å². The van der Waals surface area contributed by atoms with E-state index in [1.54, 1.807) is 35.5 Å². The largest absolute Gasteiger partial charge is 0.311 e. The van der Waals surface area contributed by atoms with Gasteiger partial charge in [-0.15, -0.1) is 10.2 Å². The molecule has 1 amide bonds. The third-order valence-corrected chi connectivity index (χ3v) is 8.31. The molecule has 3 heterocycles. The van der Waals surface area contributed by atoms with Crippen molar-refractivity contribution in [2.75, 3.05) is 31.3 Å². The van der Waals surface area contributed by atoms with E-state index in [9.17, 15) is 13.2 Å². The van der Waals surface area contributed by atoms with Gasteiger partial charge >= 0.3 is 0 Å². The minimum Gasteiger partial charge on any atom is -0.311 e. The van der Waals surface area contributed by atoms with E-state index < -0.39 is 10.0 Å². The molecule has 0 bridgehead atoms. The van der Waals surface area contributed by atoms with Crippen LogP contribution in [-0.4, -0.2) is 64.8 Å². The summed E-state index contributed by atoms with van der Waals surface area (Å²) in [6, 6.07) is 8.76. The van der Waals surface area contributed by atoms with Crippen molar-refractivity contribution in [2.45, 2.75) is 36.4 Å². The number of fused-ring (bicyclic) bond motifs is 1. The number of thioether (sulfide) groups is 1. The van der Waals surface area contributed by atoms with E-state index in [1.165, 1.54) is 30.2 Å². The molecule has 2 aromatic heterocycles. The zero-order valence-electron chi connectivity index (χ0n) is 18.8. The molecule has 9 nitrogen and oxygen atoms in total. The molecule has 1 aliphatic rings. The van der Waals surface area contributed by atoms with Gasteiger partial charge in [0.25, 0.3) is 0 Å². The molecule has 1 aliphatic heterocycles. The average molecular weight is 487 g/mol. The summed E-state index contributed by atoms with van der Waals surface area (Å²) in [5.74, 6) is 0.916. The van der Waals surface area contributed by atoms with Crippen molar-refractivity contribution in [1.29, 1.82) is 0 Å². The summed E-state index contributed by atoms with van der Waals surface area (Å²) in [5, 5.41) is 9.29. The number of nitrogens with zero attached hydrogens (tertiary/aromatic N) is 6. The second-order valence-electron chi connectivity index (χ2n) is 7.80. The van der Waals surface area contributed by atoms with Gasteiger partial charge in [-0.3, -0.25) is 9.78 Å². The first-order chi connectivity index (χ1) is 15.8. The van der Waals surface area contributed by atoms with Gasteiger partial charge in [-0.1, -0.05) is 11.8 Å². The Morgan fingerprint density at radius 2 is 1.91 bits per heavy atom. The van der Waals surface area contributed by atoms with Gasteiger partial charge in [0.2, 0.25) is 15.9 Å². The number of carbonyl (C=O) groups is 1. The van der Waals surface area contributed by atoms with Crippen LogP contribution >= 0.6 is 11.8 Å². The quantitative estimate of drug-likeness (QED) is 0.473. The SMILES string of the molecule is CCn1c(SCC(=O)N2CCCc3cc(S(=O)(=O)N(C)C)ccc32)nnc1-c1ccncc1. The summed E-state index contributed by atoms with van der Waals surface area (Å²) in [6.45, 7) is 3.30. The first-order valence-electron chi connectivity index (χ1n) is 10.6. The Labute approximate surface area is 197 Å². The molecule has 0 saturated carbocycles. The Kier molecular flexibility index (Phi) is 6.82. The lowest BCUT2D eigenvalue weighted by Gasteiger charge is -2.30. The summed E-state index contributed by atoms with van der Waals surface area (Å²) in [4.78, 5) is 19.1. The molecule has 0 fully saturated rings. The van der Waals surface area contributed by atoms with Crippen molar-refractivity contribution >= 4 is 33.4 Å². The van der Waals surface area contributed by atoms with Gasteiger partial charge in [0.15, 0.2) is 11.0 Å². The van der Waals surface area contributed by atoms with Gasteiger partial charge in [0.05, 0.1) is 10.6 Å². The van der Waals surface area contributed by atoms with Crippen molar-refractivity contribution in [3.63, 3.8) is 0 Å². The van der Waals surface area contributed by atoms with Crippen LogP contribution < -0.4 is 4.90 Å². The summed E-state index contributed by atoms with van der Waals surface area (Å²) in [6.07, 6.45) is 4.95. The summed E-state index contributed by atoms with van der Waals surface area (Å²) >= 11 is 1.35. The molecular formula is C22H26N6O3S2. The highest BCUT2D eigenvalue weighted by Crippen LogP contribution is 2.31. The molecule has 0 N–H and O–H groups in total. The van der Waals surface area contributed by atoms with Gasteiger partial charge < -0.3 is 9.47 Å². The lowest BCUT2D eigenvalue weighted by molar-refractivity contribution is -0.116. The molecule has 0 atom stereocenters. The van der Waals surface area contributed by atoms with Crippen molar-refractivity contribution in [2.24, 2.45) is 0 Å². The van der Waals surface area contributed by atoms with Crippen LogP contribution in [0.15, 0.2) is 52.8 Å². The second kappa shape index (κ2) is 9.62. The van der Waals surface area contributed by atoms with E-state index in [4.69, 9.17) is 0 Å². The van der Waals surface area contributed by atoms with Crippen LogP contribution in [0, 0.1) is 0 Å². The van der Waals surface area contributed by atoms with Crippen molar-refractivity contribution < 1.29 is 13.2 Å². The number of aryl methyl sites for hydroxylation is 1. The fourth-order valence-corrected chi connectivity index (χ4v) is 5.63. The minimum atomic E-state index is -3.52. The van der Waals surface area contributed by atoms with E-state index in [-0.39, 0.29) is 16.6 Å². The maximum absolute atomic E-state index is 13.1. The zero-order valence-corrected chi connectivity index (χ0v) is 20.4. The average Bonchev–Trinajstić information content (AvgIpc) is 3.25. The Morgan fingerprint density at radius 1 is 1.15 bits per heavy atom. The number of carbonyl (C=O) groups excluding carboxylic acids is 1. The number of pyridine rings is 1. The van der Waals surface area contributed by atoms with Gasteiger partial charge in [-0.05, 0) is 55.7 Å². The van der Waals surface area contributed by atoms with E-state index in [0.717, 1.165) is 35.5 Å². The normalized spacial score (nSPS) is 13.9. The fraction of sp³-hybridized carbons (Fsp3) is 0.364. The minimum absolute atomic E-state index is 0.0414. The second-order valence-corrected chi connectivity index (χ2v) is 10.9. The fourth-order valence-electron chi connectivity index (χ4n) is 3.80. The van der Waals surface area contributed by atoms with Crippen LogP contribution in [0.1, 0.15) is 18.9 Å². The first kappa shape index (κ1) is 23.4. The molecule has 0 spiro atoms. The molecule has 3 aromatic rings. The Bertz CT molecular complexity index is 1260.